The summed E-state index contributed by atoms with van der Waals surface area (Å²) in [7, 11) is 0. The Hall–Kier alpha value is -1.11. The molecule has 0 unspecified atom stereocenters. The Morgan fingerprint density at radius 1 is 1.43 bits per heavy atom. The van der Waals surface area contributed by atoms with E-state index in [1.807, 2.05) is 19.1 Å². The second kappa shape index (κ2) is 2.69. The lowest BCUT2D eigenvalue weighted by Gasteiger charge is -1.88. The van der Waals surface area contributed by atoms with Gasteiger partial charge in [-0.25, -0.2) is 4.98 Å². The van der Waals surface area contributed by atoms with Crippen LogP contribution >= 0.6 is 22.6 Å². The standard InChI is InChI=1S/C9H6IN3O/c1-4-11-7-3-6-5(2-8(7)14-4)9(10)13-12-6/h2-3H,1H3,(H,12,13). The van der Waals surface area contributed by atoms with Crippen LogP contribution in [0.5, 0.6) is 0 Å². The smallest absolute Gasteiger partial charge is 0.192 e. The van der Waals surface area contributed by atoms with E-state index >= 15 is 0 Å². The molecule has 0 aliphatic rings. The normalized spacial score (nSPS) is 11.6. The summed E-state index contributed by atoms with van der Waals surface area (Å²) < 4.78 is 6.40. The first kappa shape index (κ1) is 8.22. The lowest BCUT2D eigenvalue weighted by Crippen LogP contribution is -1.71. The number of nitrogens with zero attached hydrogens (tertiary/aromatic N) is 2. The topological polar surface area (TPSA) is 54.7 Å². The molecule has 0 bridgehead atoms. The van der Waals surface area contributed by atoms with E-state index in [4.69, 9.17) is 4.42 Å². The highest BCUT2D eigenvalue weighted by Gasteiger charge is 2.08. The number of H-pyrrole nitrogens is 1. The quantitative estimate of drug-likeness (QED) is 0.649. The van der Waals surface area contributed by atoms with Gasteiger partial charge in [-0.05, 0) is 34.7 Å². The van der Waals surface area contributed by atoms with Crippen LogP contribution in [0.4, 0.5) is 0 Å². The number of oxazole rings is 1. The zero-order valence-corrected chi connectivity index (χ0v) is 9.49. The molecule has 0 saturated carbocycles. The maximum absolute atomic E-state index is 5.44. The van der Waals surface area contributed by atoms with Gasteiger partial charge in [0, 0.05) is 12.3 Å². The second-order valence-electron chi connectivity index (χ2n) is 3.11. The summed E-state index contributed by atoms with van der Waals surface area (Å²) in [5.41, 5.74) is 2.68. The van der Waals surface area contributed by atoms with Crippen LogP contribution in [-0.2, 0) is 0 Å². The number of halogens is 1. The van der Waals surface area contributed by atoms with E-state index in [9.17, 15) is 0 Å². The Morgan fingerprint density at radius 3 is 3.14 bits per heavy atom. The molecule has 1 aromatic carbocycles. The van der Waals surface area contributed by atoms with E-state index in [1.165, 1.54) is 0 Å². The van der Waals surface area contributed by atoms with Gasteiger partial charge in [0.15, 0.2) is 11.5 Å². The van der Waals surface area contributed by atoms with Gasteiger partial charge in [-0.15, -0.1) is 0 Å². The molecule has 1 N–H and O–H groups in total. The molecule has 0 atom stereocenters. The van der Waals surface area contributed by atoms with Crippen LogP contribution in [0, 0.1) is 10.6 Å². The van der Waals surface area contributed by atoms with Crippen LogP contribution in [0.15, 0.2) is 16.5 Å². The van der Waals surface area contributed by atoms with Crippen molar-refractivity contribution < 1.29 is 4.42 Å². The first-order valence-corrected chi connectivity index (χ1v) is 5.23. The van der Waals surface area contributed by atoms with E-state index in [0.29, 0.717) is 5.89 Å². The van der Waals surface area contributed by atoms with Gasteiger partial charge in [0.1, 0.15) is 9.22 Å². The predicted molar refractivity (Wildman–Crippen MR) is 61.1 cm³/mol. The number of aryl methyl sites for hydroxylation is 1. The van der Waals surface area contributed by atoms with Crippen molar-refractivity contribution in [3.05, 3.63) is 21.7 Å². The summed E-state index contributed by atoms with van der Waals surface area (Å²) in [6.45, 7) is 1.84. The van der Waals surface area contributed by atoms with Gasteiger partial charge in [-0.1, -0.05) is 0 Å². The Balaban J connectivity index is 2.52. The van der Waals surface area contributed by atoms with E-state index in [0.717, 1.165) is 25.7 Å². The third kappa shape index (κ3) is 1.05. The Morgan fingerprint density at radius 2 is 2.29 bits per heavy atom. The molecule has 0 amide bonds. The van der Waals surface area contributed by atoms with Gasteiger partial charge in [-0.2, -0.15) is 5.10 Å². The van der Waals surface area contributed by atoms with Crippen molar-refractivity contribution in [3.63, 3.8) is 0 Å². The Bertz CT molecular complexity index is 625. The average molecular weight is 299 g/mol. The number of nitrogens with one attached hydrogen (secondary N) is 1. The van der Waals surface area contributed by atoms with Gasteiger partial charge in [0.05, 0.1) is 5.52 Å². The maximum atomic E-state index is 5.44. The molecule has 2 aromatic heterocycles. The van der Waals surface area contributed by atoms with Crippen LogP contribution in [0.3, 0.4) is 0 Å². The van der Waals surface area contributed by atoms with Crippen LogP contribution in [-0.4, -0.2) is 15.2 Å². The summed E-state index contributed by atoms with van der Waals surface area (Å²) in [4.78, 5) is 4.26. The SMILES string of the molecule is Cc1nc2cc3[nH]nc(I)c3cc2o1. The molecular formula is C9H6IN3O. The molecule has 0 aliphatic heterocycles. The Labute approximate surface area is 92.8 Å². The summed E-state index contributed by atoms with van der Waals surface area (Å²) in [5.74, 6) is 0.690. The molecule has 0 saturated heterocycles. The van der Waals surface area contributed by atoms with Crippen molar-refractivity contribution in [2.75, 3.05) is 0 Å². The highest BCUT2D eigenvalue weighted by molar-refractivity contribution is 14.1. The van der Waals surface area contributed by atoms with E-state index in [1.54, 1.807) is 0 Å². The fraction of sp³-hybridized carbons (Fsp3) is 0.111. The van der Waals surface area contributed by atoms with Gasteiger partial charge in [0.2, 0.25) is 0 Å². The molecule has 2 heterocycles. The van der Waals surface area contributed by atoms with Gasteiger partial charge in [-0.3, -0.25) is 5.10 Å². The van der Waals surface area contributed by atoms with Gasteiger partial charge < -0.3 is 4.42 Å². The van der Waals surface area contributed by atoms with E-state index in [-0.39, 0.29) is 0 Å². The minimum Gasteiger partial charge on any atom is -0.441 e. The largest absolute Gasteiger partial charge is 0.441 e. The lowest BCUT2D eigenvalue weighted by molar-refractivity contribution is 0.561. The van der Waals surface area contributed by atoms with Crippen molar-refractivity contribution in [2.45, 2.75) is 6.92 Å². The molecule has 0 radical (unpaired) electrons. The van der Waals surface area contributed by atoms with Crippen LogP contribution in [0.2, 0.25) is 0 Å². The first-order chi connectivity index (χ1) is 6.74. The summed E-state index contributed by atoms with van der Waals surface area (Å²) in [6, 6.07) is 3.92. The number of hydrogen-bond acceptors (Lipinski definition) is 3. The van der Waals surface area contributed by atoms with Crippen molar-refractivity contribution in [1.82, 2.24) is 15.2 Å². The first-order valence-electron chi connectivity index (χ1n) is 4.15. The number of aromatic amines is 1. The minimum absolute atomic E-state index is 0.690. The number of hydrogen-bond donors (Lipinski definition) is 1. The zero-order chi connectivity index (χ0) is 9.71. The highest BCUT2D eigenvalue weighted by atomic mass is 127. The van der Waals surface area contributed by atoms with Gasteiger partial charge >= 0.3 is 0 Å². The predicted octanol–water partition coefficient (Wildman–Crippen LogP) is 2.62. The molecule has 14 heavy (non-hydrogen) atoms. The molecule has 4 nitrogen and oxygen atoms in total. The fourth-order valence-electron chi connectivity index (χ4n) is 1.52. The third-order valence-electron chi connectivity index (χ3n) is 2.13. The summed E-state index contributed by atoms with van der Waals surface area (Å²) in [6.07, 6.45) is 0. The molecular weight excluding hydrogens is 293 g/mol. The average Bonchev–Trinajstić information content (AvgIpc) is 2.66. The van der Waals surface area contributed by atoms with Crippen molar-refractivity contribution in [1.29, 1.82) is 0 Å². The van der Waals surface area contributed by atoms with Crippen LogP contribution < -0.4 is 0 Å². The molecule has 3 aromatic rings. The van der Waals surface area contributed by atoms with Crippen molar-refractivity contribution in [2.24, 2.45) is 0 Å². The molecule has 0 spiro atoms. The second-order valence-corrected chi connectivity index (χ2v) is 4.13. The third-order valence-corrected chi connectivity index (χ3v) is 2.95. The number of fused-ring (bicyclic) bond motifs is 2. The minimum atomic E-state index is 0.690. The lowest BCUT2D eigenvalue weighted by atomic mass is 10.2. The molecule has 0 fully saturated rings. The van der Waals surface area contributed by atoms with Crippen LogP contribution in [0.25, 0.3) is 22.0 Å². The highest BCUT2D eigenvalue weighted by Crippen LogP contribution is 2.24. The maximum Gasteiger partial charge on any atom is 0.192 e. The molecule has 3 rings (SSSR count). The monoisotopic (exact) mass is 299 g/mol. The van der Waals surface area contributed by atoms with Gasteiger partial charge in [0.25, 0.3) is 0 Å². The molecule has 5 heteroatoms. The Kier molecular flexibility index (Phi) is 1.58. The van der Waals surface area contributed by atoms with Crippen molar-refractivity contribution >= 4 is 44.6 Å². The van der Waals surface area contributed by atoms with Crippen molar-refractivity contribution in [3.8, 4) is 0 Å². The number of aromatic nitrogens is 3. The summed E-state index contributed by atoms with van der Waals surface area (Å²) >= 11 is 2.19. The van der Waals surface area contributed by atoms with E-state index in [2.05, 4.69) is 37.8 Å². The molecule has 70 valence electrons. The summed E-state index contributed by atoms with van der Waals surface area (Å²) in [5, 5.41) is 8.14. The molecule has 0 aliphatic carbocycles. The zero-order valence-electron chi connectivity index (χ0n) is 7.34. The van der Waals surface area contributed by atoms with Crippen LogP contribution in [0.1, 0.15) is 5.89 Å². The number of rotatable bonds is 0. The number of benzene rings is 1. The van der Waals surface area contributed by atoms with E-state index < -0.39 is 0 Å². The fourth-order valence-corrected chi connectivity index (χ4v) is 2.09.